The van der Waals surface area contributed by atoms with Crippen LogP contribution in [-0.4, -0.2) is 16.6 Å². The van der Waals surface area contributed by atoms with E-state index < -0.39 is 0 Å². The largest absolute Gasteiger partial charge is 0.318 e. The zero-order chi connectivity index (χ0) is 18.0. The number of aliphatic imine (C=N–C) groups is 1. The van der Waals surface area contributed by atoms with Crippen LogP contribution in [0.15, 0.2) is 59.6 Å². The van der Waals surface area contributed by atoms with Crippen LogP contribution in [0.3, 0.4) is 0 Å². The molecule has 0 bridgehead atoms. The highest BCUT2D eigenvalue weighted by molar-refractivity contribution is 14.1. The van der Waals surface area contributed by atoms with Crippen molar-refractivity contribution >= 4 is 40.3 Å². The molecule has 0 fully saturated rings. The fraction of sp³-hybridized carbons (Fsp3) is 0.143. The molecular formula is C21H19IN2O. The number of halogens is 1. The number of hydrogen-bond acceptors (Lipinski definition) is 2. The van der Waals surface area contributed by atoms with Gasteiger partial charge in [0.1, 0.15) is 0 Å². The predicted molar refractivity (Wildman–Crippen MR) is 112 cm³/mol. The fourth-order valence-corrected chi connectivity index (χ4v) is 3.19. The number of carbonyl (C=O) groups is 1. The minimum atomic E-state index is 0.0663. The second-order valence-electron chi connectivity index (χ2n) is 6.00. The maximum atomic E-state index is 11.3. The number of hydrogen-bond donors (Lipinski definition) is 0. The van der Waals surface area contributed by atoms with Crippen molar-refractivity contribution in [3.63, 3.8) is 0 Å². The third-order valence-corrected chi connectivity index (χ3v) is 4.90. The Labute approximate surface area is 161 Å². The van der Waals surface area contributed by atoms with Crippen LogP contribution in [0, 0.1) is 17.4 Å². The first-order valence-electron chi connectivity index (χ1n) is 8.05. The maximum Gasteiger partial charge on any atom is 0.159 e. The van der Waals surface area contributed by atoms with E-state index in [1.807, 2.05) is 30.5 Å². The summed E-state index contributed by atoms with van der Waals surface area (Å²) < 4.78 is 3.45. The number of rotatable bonds is 4. The van der Waals surface area contributed by atoms with Gasteiger partial charge in [-0.2, -0.15) is 0 Å². The van der Waals surface area contributed by atoms with Gasteiger partial charge >= 0.3 is 0 Å². The molecule has 1 heterocycles. The van der Waals surface area contributed by atoms with Crippen LogP contribution in [0.5, 0.6) is 0 Å². The number of aryl methyl sites for hydroxylation is 1. The van der Waals surface area contributed by atoms with Crippen LogP contribution in [-0.2, 0) is 0 Å². The maximum absolute atomic E-state index is 11.3. The van der Waals surface area contributed by atoms with Gasteiger partial charge in [-0.1, -0.05) is 0 Å². The van der Waals surface area contributed by atoms with Gasteiger partial charge in [-0.25, -0.2) is 0 Å². The topological polar surface area (TPSA) is 34.4 Å². The van der Waals surface area contributed by atoms with Crippen molar-refractivity contribution in [2.45, 2.75) is 20.8 Å². The molecule has 0 aliphatic heterocycles. The summed E-state index contributed by atoms with van der Waals surface area (Å²) in [5.74, 6) is 0.0663. The molecule has 0 aliphatic rings. The Balaban J connectivity index is 1.89. The van der Waals surface area contributed by atoms with E-state index in [1.165, 1.54) is 9.26 Å². The predicted octanol–water partition coefficient (Wildman–Crippen LogP) is 5.65. The summed E-state index contributed by atoms with van der Waals surface area (Å²) in [5, 5.41) is 0. The van der Waals surface area contributed by atoms with Crippen LogP contribution < -0.4 is 0 Å². The highest BCUT2D eigenvalue weighted by Gasteiger charge is 2.09. The van der Waals surface area contributed by atoms with Crippen LogP contribution in [0.25, 0.3) is 5.69 Å². The zero-order valence-corrected chi connectivity index (χ0v) is 16.6. The molecule has 0 atom stereocenters. The molecule has 0 saturated carbocycles. The van der Waals surface area contributed by atoms with Gasteiger partial charge in [0.05, 0.1) is 5.69 Å². The van der Waals surface area contributed by atoms with Crippen molar-refractivity contribution in [2.24, 2.45) is 4.99 Å². The highest BCUT2D eigenvalue weighted by atomic mass is 127. The van der Waals surface area contributed by atoms with E-state index in [-0.39, 0.29) is 5.78 Å². The Morgan fingerprint density at radius 2 is 1.68 bits per heavy atom. The van der Waals surface area contributed by atoms with E-state index in [0.717, 1.165) is 22.6 Å². The molecule has 0 aliphatic carbocycles. The van der Waals surface area contributed by atoms with E-state index in [2.05, 4.69) is 76.3 Å². The molecule has 0 amide bonds. The number of nitrogens with zero attached hydrogens (tertiary/aromatic N) is 2. The third kappa shape index (κ3) is 3.90. The van der Waals surface area contributed by atoms with Gasteiger partial charge in [0, 0.05) is 38.0 Å². The van der Waals surface area contributed by atoms with Crippen LogP contribution in [0.2, 0.25) is 0 Å². The van der Waals surface area contributed by atoms with E-state index in [1.54, 1.807) is 6.92 Å². The Kier molecular flexibility index (Phi) is 5.18. The lowest BCUT2D eigenvalue weighted by Gasteiger charge is -2.09. The Morgan fingerprint density at radius 3 is 2.28 bits per heavy atom. The zero-order valence-electron chi connectivity index (χ0n) is 14.5. The third-order valence-electron chi connectivity index (χ3n) is 4.18. The molecule has 25 heavy (non-hydrogen) atoms. The number of aromatic nitrogens is 1. The van der Waals surface area contributed by atoms with Gasteiger partial charge in [0.25, 0.3) is 0 Å². The van der Waals surface area contributed by atoms with E-state index in [0.29, 0.717) is 5.56 Å². The van der Waals surface area contributed by atoms with Crippen LogP contribution in [0.4, 0.5) is 5.69 Å². The highest BCUT2D eigenvalue weighted by Crippen LogP contribution is 2.21. The normalized spacial score (nSPS) is 11.2. The van der Waals surface area contributed by atoms with Gasteiger partial charge in [-0.3, -0.25) is 9.79 Å². The average Bonchev–Trinajstić information content (AvgIpc) is 2.88. The molecule has 126 valence electrons. The lowest BCUT2D eigenvalue weighted by molar-refractivity contribution is 0.101. The first kappa shape index (κ1) is 17.6. The molecule has 4 heteroatoms. The number of Topliss-reactive ketones (excluding diaryl/α,β-unsaturated/α-hetero) is 1. The van der Waals surface area contributed by atoms with Crippen molar-refractivity contribution in [1.82, 2.24) is 4.57 Å². The molecule has 3 rings (SSSR count). The van der Waals surface area contributed by atoms with Gasteiger partial charge in [-0.05, 0) is 98.0 Å². The van der Waals surface area contributed by atoms with Crippen molar-refractivity contribution in [2.75, 3.05) is 0 Å². The second-order valence-corrected chi connectivity index (χ2v) is 7.25. The molecule has 3 aromatic rings. The molecule has 0 unspecified atom stereocenters. The average molecular weight is 442 g/mol. The van der Waals surface area contributed by atoms with Gasteiger partial charge in [0.15, 0.2) is 5.78 Å². The van der Waals surface area contributed by atoms with Crippen molar-refractivity contribution in [3.05, 3.63) is 80.7 Å². The number of ketones is 1. The minimum Gasteiger partial charge on any atom is -0.318 e. The summed E-state index contributed by atoms with van der Waals surface area (Å²) in [4.78, 5) is 15.9. The summed E-state index contributed by atoms with van der Waals surface area (Å²) in [6.45, 7) is 5.77. The monoisotopic (exact) mass is 442 g/mol. The Morgan fingerprint density at radius 1 is 1.04 bits per heavy atom. The first-order valence-corrected chi connectivity index (χ1v) is 9.13. The van der Waals surface area contributed by atoms with Crippen molar-refractivity contribution in [3.8, 4) is 5.69 Å². The number of carbonyl (C=O) groups excluding carboxylic acids is 1. The van der Waals surface area contributed by atoms with Crippen molar-refractivity contribution in [1.29, 1.82) is 0 Å². The SMILES string of the molecule is CC(=O)c1ccc(N=Cc2cc(C)n(-c3ccc(I)cc3)c2C)cc1. The number of benzene rings is 2. The van der Waals surface area contributed by atoms with E-state index >= 15 is 0 Å². The molecule has 3 nitrogen and oxygen atoms in total. The molecule has 0 saturated heterocycles. The summed E-state index contributed by atoms with van der Waals surface area (Å²) >= 11 is 2.31. The van der Waals surface area contributed by atoms with E-state index in [9.17, 15) is 4.79 Å². The molecule has 0 spiro atoms. The standard InChI is InChI=1S/C21H19IN2O/c1-14-12-18(13-23-20-8-4-17(5-9-20)16(3)25)15(2)24(14)21-10-6-19(22)7-11-21/h4-13H,1-3H3. The van der Waals surface area contributed by atoms with Gasteiger partial charge in [-0.15, -0.1) is 0 Å². The molecule has 1 aromatic heterocycles. The lowest BCUT2D eigenvalue weighted by Crippen LogP contribution is -1.99. The summed E-state index contributed by atoms with van der Waals surface area (Å²) in [6, 6.07) is 18.0. The molecule has 0 radical (unpaired) electrons. The molecule has 0 N–H and O–H groups in total. The van der Waals surface area contributed by atoms with Gasteiger partial charge < -0.3 is 4.57 Å². The first-order chi connectivity index (χ1) is 12.0. The van der Waals surface area contributed by atoms with Gasteiger partial charge in [0.2, 0.25) is 0 Å². The Hall–Kier alpha value is -2.21. The quantitative estimate of drug-likeness (QED) is 0.292. The lowest BCUT2D eigenvalue weighted by atomic mass is 10.1. The van der Waals surface area contributed by atoms with Crippen molar-refractivity contribution < 1.29 is 4.79 Å². The van der Waals surface area contributed by atoms with Crippen LogP contribution >= 0.6 is 22.6 Å². The summed E-state index contributed by atoms with van der Waals surface area (Å²) in [7, 11) is 0. The van der Waals surface area contributed by atoms with E-state index in [4.69, 9.17) is 0 Å². The summed E-state index contributed by atoms with van der Waals surface area (Å²) in [5.41, 5.74) is 6.11. The fourth-order valence-electron chi connectivity index (χ4n) is 2.83. The second kappa shape index (κ2) is 7.35. The Bertz CT molecular complexity index is 935. The molecular weight excluding hydrogens is 423 g/mol. The smallest absolute Gasteiger partial charge is 0.159 e. The molecule has 2 aromatic carbocycles. The van der Waals surface area contributed by atoms with Crippen LogP contribution in [0.1, 0.15) is 34.2 Å². The minimum absolute atomic E-state index is 0.0663. The summed E-state index contributed by atoms with van der Waals surface area (Å²) in [6.07, 6.45) is 1.88.